The third-order valence-corrected chi connectivity index (χ3v) is 4.02. The maximum Gasteiger partial charge on any atom is 0.306 e. The third-order valence-electron chi connectivity index (χ3n) is 3.27. The van der Waals surface area contributed by atoms with Gasteiger partial charge in [-0.15, -0.1) is 11.8 Å². The summed E-state index contributed by atoms with van der Waals surface area (Å²) < 4.78 is 4.85. The molecule has 0 bridgehead atoms. The molecule has 1 aliphatic carbocycles. The number of nitrogens with one attached hydrogen (secondary N) is 1. The van der Waals surface area contributed by atoms with E-state index in [1.54, 1.807) is 23.9 Å². The summed E-state index contributed by atoms with van der Waals surface area (Å²) in [6.07, 6.45) is 4.01. The van der Waals surface area contributed by atoms with Crippen LogP contribution in [0.4, 0.5) is 0 Å². The molecule has 0 aliphatic heterocycles. The van der Waals surface area contributed by atoms with Crippen LogP contribution in [0.25, 0.3) is 0 Å². The van der Waals surface area contributed by atoms with Gasteiger partial charge < -0.3 is 10.1 Å². The molecule has 1 aliphatic rings. The second-order valence-electron chi connectivity index (χ2n) is 5.15. The first-order chi connectivity index (χ1) is 10.6. The largest absolute Gasteiger partial charge is 0.456 e. The van der Waals surface area contributed by atoms with Gasteiger partial charge in [-0.3, -0.25) is 14.4 Å². The van der Waals surface area contributed by atoms with Crippen molar-refractivity contribution in [3.63, 3.8) is 0 Å². The molecule has 1 aromatic rings. The number of benzene rings is 1. The first-order valence-corrected chi connectivity index (χ1v) is 8.43. The van der Waals surface area contributed by atoms with Gasteiger partial charge in [-0.1, -0.05) is 12.1 Å². The van der Waals surface area contributed by atoms with Gasteiger partial charge in [0, 0.05) is 22.9 Å². The van der Waals surface area contributed by atoms with Gasteiger partial charge in [0.2, 0.25) is 0 Å². The average molecular weight is 321 g/mol. The molecule has 1 N–H and O–H groups in total. The fourth-order valence-corrected chi connectivity index (χ4v) is 2.26. The highest BCUT2D eigenvalue weighted by Crippen LogP contribution is 2.18. The molecule has 0 unspecified atom stereocenters. The molecule has 5 nitrogen and oxygen atoms in total. The summed E-state index contributed by atoms with van der Waals surface area (Å²) in [5.41, 5.74) is 0.581. The van der Waals surface area contributed by atoms with Crippen molar-refractivity contribution < 1.29 is 19.1 Å². The van der Waals surface area contributed by atoms with Crippen molar-refractivity contribution in [3.05, 3.63) is 29.8 Å². The van der Waals surface area contributed by atoms with E-state index < -0.39 is 5.97 Å². The van der Waals surface area contributed by atoms with Crippen LogP contribution >= 0.6 is 11.8 Å². The van der Waals surface area contributed by atoms with E-state index in [-0.39, 0.29) is 37.2 Å². The lowest BCUT2D eigenvalue weighted by atomic mass is 10.1. The number of carbonyl (C=O) groups is 3. The Morgan fingerprint density at radius 2 is 1.86 bits per heavy atom. The van der Waals surface area contributed by atoms with Crippen LogP contribution in [0.15, 0.2) is 29.2 Å². The number of ketones is 1. The Balaban J connectivity index is 1.67. The first-order valence-electron chi connectivity index (χ1n) is 7.20. The monoisotopic (exact) mass is 321 g/mol. The number of esters is 1. The highest BCUT2D eigenvalue weighted by atomic mass is 32.2. The Labute approximate surface area is 133 Å². The summed E-state index contributed by atoms with van der Waals surface area (Å²) >= 11 is 1.60. The summed E-state index contributed by atoms with van der Waals surface area (Å²) in [5.74, 6) is -0.915. The van der Waals surface area contributed by atoms with Gasteiger partial charge >= 0.3 is 5.97 Å². The minimum Gasteiger partial charge on any atom is -0.456 e. The van der Waals surface area contributed by atoms with E-state index >= 15 is 0 Å². The van der Waals surface area contributed by atoms with Crippen LogP contribution in [-0.4, -0.2) is 36.6 Å². The second-order valence-corrected chi connectivity index (χ2v) is 6.03. The summed E-state index contributed by atoms with van der Waals surface area (Å²) in [4.78, 5) is 35.9. The molecule has 0 spiro atoms. The van der Waals surface area contributed by atoms with E-state index in [1.807, 2.05) is 18.4 Å². The number of carbonyl (C=O) groups excluding carboxylic acids is 3. The van der Waals surface area contributed by atoms with Gasteiger partial charge in [0.1, 0.15) is 0 Å². The van der Waals surface area contributed by atoms with Gasteiger partial charge in [-0.25, -0.2) is 0 Å². The molecular formula is C16H19NO4S. The van der Waals surface area contributed by atoms with Gasteiger partial charge in [-0.05, 0) is 31.2 Å². The van der Waals surface area contributed by atoms with Crippen LogP contribution in [0.5, 0.6) is 0 Å². The molecule has 0 aromatic heterocycles. The number of rotatable bonds is 8. The Kier molecular flexibility index (Phi) is 6.00. The Hall–Kier alpha value is -1.82. The summed E-state index contributed by atoms with van der Waals surface area (Å²) in [5, 5.41) is 2.73. The first kappa shape index (κ1) is 16.5. The predicted octanol–water partition coefficient (Wildman–Crippen LogP) is 2.19. The van der Waals surface area contributed by atoms with Crippen LogP contribution in [0.2, 0.25) is 0 Å². The quantitative estimate of drug-likeness (QED) is 0.451. The van der Waals surface area contributed by atoms with Crippen LogP contribution in [0, 0.1) is 0 Å². The number of ether oxygens (including phenoxy) is 1. The van der Waals surface area contributed by atoms with Gasteiger partial charge in [0.25, 0.3) is 5.91 Å². The number of Topliss-reactive ketones (excluding diaryl/α,β-unsaturated/α-hetero) is 1. The molecule has 1 fully saturated rings. The van der Waals surface area contributed by atoms with Crippen LogP contribution in [0.1, 0.15) is 36.0 Å². The van der Waals surface area contributed by atoms with Crippen molar-refractivity contribution in [3.8, 4) is 0 Å². The number of hydrogen-bond acceptors (Lipinski definition) is 5. The zero-order chi connectivity index (χ0) is 15.9. The molecule has 1 amide bonds. The maximum atomic E-state index is 11.9. The van der Waals surface area contributed by atoms with E-state index in [0.29, 0.717) is 5.56 Å². The van der Waals surface area contributed by atoms with Crippen molar-refractivity contribution in [2.24, 2.45) is 0 Å². The Bertz CT molecular complexity index is 552. The molecule has 22 heavy (non-hydrogen) atoms. The minimum atomic E-state index is -0.528. The number of hydrogen-bond donors (Lipinski definition) is 1. The lowest BCUT2D eigenvalue weighted by molar-refractivity contribution is -0.148. The molecule has 0 saturated heterocycles. The van der Waals surface area contributed by atoms with Crippen molar-refractivity contribution in [2.75, 3.05) is 12.9 Å². The summed E-state index contributed by atoms with van der Waals surface area (Å²) in [7, 11) is 0. The molecule has 0 heterocycles. The molecule has 0 radical (unpaired) electrons. The molecule has 6 heteroatoms. The number of amides is 1. The lowest BCUT2D eigenvalue weighted by Gasteiger charge is -2.05. The fourth-order valence-electron chi connectivity index (χ4n) is 1.85. The van der Waals surface area contributed by atoms with Crippen LogP contribution in [-0.2, 0) is 14.3 Å². The summed E-state index contributed by atoms with van der Waals surface area (Å²) in [6, 6.07) is 7.50. The smallest absolute Gasteiger partial charge is 0.306 e. The minimum absolute atomic E-state index is 0.0141. The van der Waals surface area contributed by atoms with Crippen molar-refractivity contribution >= 4 is 29.4 Å². The lowest BCUT2D eigenvalue weighted by Crippen LogP contribution is -2.30. The topological polar surface area (TPSA) is 72.5 Å². The standard InChI is InChI=1S/C16H19NO4S/c1-22-13-6-2-11(3-7-13)14(18)8-9-16(20)21-10-15(19)17-12-4-5-12/h2-3,6-7,12H,4-5,8-10H2,1H3,(H,17,19). The molecule has 118 valence electrons. The van der Waals surface area contributed by atoms with E-state index in [0.717, 1.165) is 17.7 Å². The normalized spacial score (nSPS) is 13.5. The highest BCUT2D eigenvalue weighted by Gasteiger charge is 2.23. The molecule has 1 saturated carbocycles. The zero-order valence-corrected chi connectivity index (χ0v) is 13.3. The fraction of sp³-hybridized carbons (Fsp3) is 0.438. The van der Waals surface area contributed by atoms with Crippen molar-refractivity contribution in [2.45, 2.75) is 36.6 Å². The molecule has 2 rings (SSSR count). The average Bonchev–Trinajstić information content (AvgIpc) is 3.34. The Morgan fingerprint density at radius 3 is 2.45 bits per heavy atom. The SMILES string of the molecule is CSc1ccc(C(=O)CCC(=O)OCC(=O)NC2CC2)cc1. The van der Waals surface area contributed by atoms with Crippen LogP contribution < -0.4 is 5.32 Å². The van der Waals surface area contributed by atoms with E-state index in [4.69, 9.17) is 4.74 Å². The molecule has 1 aromatic carbocycles. The second kappa shape index (κ2) is 7.98. The van der Waals surface area contributed by atoms with Gasteiger partial charge in [0.05, 0.1) is 6.42 Å². The molecule has 0 atom stereocenters. The van der Waals surface area contributed by atoms with Gasteiger partial charge in [-0.2, -0.15) is 0 Å². The third kappa shape index (κ3) is 5.52. The Morgan fingerprint density at radius 1 is 1.18 bits per heavy atom. The maximum absolute atomic E-state index is 11.9. The highest BCUT2D eigenvalue weighted by molar-refractivity contribution is 7.98. The van der Waals surface area contributed by atoms with Crippen molar-refractivity contribution in [1.29, 1.82) is 0 Å². The summed E-state index contributed by atoms with van der Waals surface area (Å²) in [6.45, 7) is -0.272. The van der Waals surface area contributed by atoms with E-state index in [2.05, 4.69) is 5.32 Å². The van der Waals surface area contributed by atoms with E-state index in [1.165, 1.54) is 0 Å². The molecular weight excluding hydrogens is 302 g/mol. The van der Waals surface area contributed by atoms with E-state index in [9.17, 15) is 14.4 Å². The van der Waals surface area contributed by atoms with Crippen LogP contribution in [0.3, 0.4) is 0 Å². The predicted molar refractivity (Wildman–Crippen MR) is 83.9 cm³/mol. The number of thioether (sulfide) groups is 1. The zero-order valence-electron chi connectivity index (χ0n) is 12.5. The van der Waals surface area contributed by atoms with Crippen molar-refractivity contribution in [1.82, 2.24) is 5.32 Å². The van der Waals surface area contributed by atoms with Gasteiger partial charge in [0.15, 0.2) is 12.4 Å².